The molecule has 0 radical (unpaired) electrons. The summed E-state index contributed by atoms with van der Waals surface area (Å²) < 4.78 is 39.6. The summed E-state index contributed by atoms with van der Waals surface area (Å²) in [5.74, 6) is 2.97. The Morgan fingerprint density at radius 2 is 0.383 bits per heavy atom. The van der Waals surface area contributed by atoms with Gasteiger partial charge in [-0.25, -0.2) is 0 Å². The molecule has 0 aromatic heterocycles. The van der Waals surface area contributed by atoms with Crippen molar-refractivity contribution in [1.29, 1.82) is 0 Å². The van der Waals surface area contributed by atoms with E-state index >= 15 is 0 Å². The molecule has 6 rings (SSSR count). The van der Waals surface area contributed by atoms with Gasteiger partial charge in [-0.2, -0.15) is 0 Å². The molecule has 0 aliphatic heterocycles. The zero-order valence-electron chi connectivity index (χ0n) is 32.4. The van der Waals surface area contributed by atoms with E-state index in [9.17, 15) is 0 Å². The van der Waals surface area contributed by atoms with Gasteiger partial charge < -0.3 is 0 Å². The third-order valence-corrected chi connectivity index (χ3v) is 306. The van der Waals surface area contributed by atoms with Crippen LogP contribution in [0.3, 0.4) is 0 Å². The van der Waals surface area contributed by atoms with Crippen LogP contribution in [0.15, 0.2) is 0 Å². The van der Waals surface area contributed by atoms with Crippen LogP contribution in [0.1, 0.15) is 11.1 Å². The van der Waals surface area contributed by atoms with Gasteiger partial charge in [0, 0.05) is 0 Å². The van der Waals surface area contributed by atoms with E-state index in [0.29, 0.717) is 685 Å². The van der Waals surface area contributed by atoms with Gasteiger partial charge in [0.2, 0.25) is 0 Å². The molecule has 0 fully saturated rings. The van der Waals surface area contributed by atoms with Crippen LogP contribution in [0.2, 0.25) is 0 Å². The Labute approximate surface area is 745 Å². The third kappa shape index (κ3) is 11.6. The number of rotatable bonds is 2. The first-order chi connectivity index (χ1) is 21.9. The fourth-order valence-corrected chi connectivity index (χ4v) is 128. The Morgan fingerprint density at radius 1 is 0.234 bits per heavy atom. The second-order valence-electron chi connectivity index (χ2n) is 15.0. The summed E-state index contributed by atoms with van der Waals surface area (Å²) in [6, 6.07) is 0. The first kappa shape index (κ1) is 55.9. The fraction of sp³-hybridized carbons (Fsp3) is 0.0667. The van der Waals surface area contributed by atoms with Crippen molar-refractivity contribution in [3.8, 4) is 11.5 Å². The quantitative estimate of drug-likeness (QED) is 0.157. The minimum absolute atomic E-state index is 0.304. The Balaban J connectivity index is 2.00. The summed E-state index contributed by atoms with van der Waals surface area (Å²) in [5.41, 5.74) is 3.51. The van der Waals surface area contributed by atoms with Crippen molar-refractivity contribution in [1.82, 2.24) is 0 Å². The molecule has 0 atom stereocenters. The normalized spacial score (nSPS) is 11.4. The second kappa shape index (κ2) is 25.0. The van der Waals surface area contributed by atoms with Crippen LogP contribution in [0.4, 0.5) is 0 Å². The van der Waals surface area contributed by atoms with Gasteiger partial charge >= 0.3 is 779 Å². The van der Waals surface area contributed by atoms with E-state index in [0.717, 1.165) is 0 Å². The van der Waals surface area contributed by atoms with Gasteiger partial charge in [-0.05, 0) is 0 Å². The van der Waals surface area contributed by atoms with Crippen LogP contribution in [0.5, 0.6) is 11.5 Å². The number of hydrogen-bond donors (Lipinski definition) is 0. The van der Waals surface area contributed by atoms with Crippen molar-refractivity contribution in [2.75, 3.05) is 0 Å². The average Bonchev–Trinajstić information content (AvgIpc) is 3.04. The topological polar surface area (TPSA) is 9.23 Å². The van der Waals surface area contributed by atoms with Gasteiger partial charge in [-0.1, -0.05) is 0 Å². The molecule has 47 heavy (non-hydrogen) atoms. The van der Waals surface area contributed by atoms with Gasteiger partial charge in [-0.3, -0.25) is 0 Å². The van der Waals surface area contributed by atoms with Crippen LogP contribution in [-0.2, 0) is 0 Å². The standard InChI is InChI=1S/C30H6O.16Ra.16H/c1-19-21-11-3-7-15-25(21)29(26-16-8-4-12-22(19)26)31-30-27-17-9-5-13-23(27)20(2)24-14-6-10-18-28(24)30;;;;;;;;;;;;;;;;;;;;;;;;;;;;;;;;/h1-2H3;;;;;;;;;;;;;;;;;;;;;;;;;;;;;;;;. The van der Waals surface area contributed by atoms with E-state index in [2.05, 4.69) is 13.8 Å². The van der Waals surface area contributed by atoms with E-state index in [-0.39, 0.29) is 0 Å². The third-order valence-electron chi connectivity index (χ3n) is 13.4. The molecule has 6 aromatic carbocycles. The Kier molecular flexibility index (Phi) is 29.8. The van der Waals surface area contributed by atoms with Crippen molar-refractivity contribution >= 4 is 52.8 Å². The van der Waals surface area contributed by atoms with Crippen molar-refractivity contribution < 1.29 is 689 Å². The van der Waals surface area contributed by atoms with E-state index < -0.39 is 0 Å². The summed E-state index contributed by atoms with van der Waals surface area (Å²) in [6.07, 6.45) is 0. The van der Waals surface area contributed by atoms with E-state index in [4.69, 9.17) is 4.74 Å². The van der Waals surface area contributed by atoms with Gasteiger partial charge in [0.05, 0.1) is 0 Å². The number of aryl methyl sites for hydroxylation is 2. The summed E-state index contributed by atoms with van der Waals surface area (Å²) in [4.78, 5) is 0. The predicted octanol–water partition coefficient (Wildman–Crippen LogP) is -8.78. The van der Waals surface area contributed by atoms with E-state index in [1.165, 1.54) is 11.5 Å². The number of benzene rings is 6. The molecule has 0 amide bonds. The number of fused-ring (bicyclic) bond motifs is 4. The minimum atomic E-state index is 0.304. The van der Waals surface area contributed by atoms with Crippen LogP contribution in [-0.4, -0.2) is 0 Å². The van der Waals surface area contributed by atoms with Crippen molar-refractivity contribution in [3.05, 3.63) is 11.1 Å². The molecule has 0 heterocycles. The Hall–Kier alpha value is 19.6. The Morgan fingerprint density at radius 3 is 0.553 bits per heavy atom. The van der Waals surface area contributed by atoms with E-state index in [1.807, 2.05) is 9.67 Å². The molecule has 0 spiro atoms. The molecule has 0 bridgehead atoms. The van der Waals surface area contributed by atoms with Crippen LogP contribution in [0.25, 0.3) is 43.1 Å². The first-order valence-corrected chi connectivity index (χ1v) is 83.2. The van der Waals surface area contributed by atoms with Crippen molar-refractivity contribution in [3.63, 3.8) is 0 Å². The van der Waals surface area contributed by atoms with Crippen molar-refractivity contribution in [2.24, 2.45) is 0 Å². The maximum atomic E-state index is 8.29. The number of ether oxygens (including phenoxy) is 1. The molecule has 0 aliphatic rings. The van der Waals surface area contributed by atoms with Crippen molar-refractivity contribution in [2.45, 2.75) is 13.8 Å². The monoisotopic (exact) mass is 4010 g/mol. The molecule has 6 aromatic rings. The summed E-state index contributed by atoms with van der Waals surface area (Å²) >= 11 is 6.04. The molecule has 0 aliphatic carbocycles. The fourth-order valence-electron chi connectivity index (χ4n) is 9.07. The molecular formula is C30H22ORa16. The second-order valence-corrected chi connectivity index (χ2v) is 80.8. The van der Waals surface area contributed by atoms with Gasteiger partial charge in [-0.15, -0.1) is 0 Å². The molecule has 0 saturated carbocycles. The summed E-state index contributed by atoms with van der Waals surface area (Å²) in [7, 11) is 0. The molecule has 0 unspecified atom stereocenters. The van der Waals surface area contributed by atoms with Gasteiger partial charge in [0.1, 0.15) is 0 Å². The molecule has 180 valence electrons. The van der Waals surface area contributed by atoms with Crippen LogP contribution >= 0.6 is 0 Å². The van der Waals surface area contributed by atoms with Crippen LogP contribution in [0, 0.1) is 699 Å². The SMILES string of the molecule is Cc1c2[c]([RaH])[c]([RaH])[c]([RaH])[c]([RaH])c2c(Oc2c3[c]([RaH])[c]([RaH])[c]([RaH])[c]([RaH])c3c(C)c3[c]([RaH])[c]([RaH])[c]([RaH])[c]([RaH])c23)c2[c]([RaH])[c]([RaH])[c]([RaH])[c]([RaH])c12. The van der Waals surface area contributed by atoms with Gasteiger partial charge in [0.25, 0.3) is 0 Å². The number of hydrogen-bond acceptors (Lipinski definition) is 1. The first-order valence-electron chi connectivity index (χ1n) is 17.4. The summed E-state index contributed by atoms with van der Waals surface area (Å²) in [6.45, 7) is 5.23. The summed E-state index contributed by atoms with van der Waals surface area (Å²) in [5, 5.41) is 14.2. The molecule has 17 heteroatoms. The predicted molar refractivity (Wildman–Crippen MR) is 149 cm³/mol. The Bertz CT molecular complexity index is 2140. The molecular weight excluding hydrogens is 3990 g/mol. The van der Waals surface area contributed by atoms with Crippen LogP contribution < -0.4 is 14.4 Å². The van der Waals surface area contributed by atoms with E-state index in [1.54, 1.807) is 54.2 Å². The maximum absolute atomic E-state index is 8.29. The molecule has 0 N–H and O–H groups in total. The average molecular weight is 4010 g/mol. The molecule has 1 nitrogen and oxygen atoms in total. The molecule has 0 saturated heterocycles. The van der Waals surface area contributed by atoms with Gasteiger partial charge in [0.15, 0.2) is 0 Å². The zero-order chi connectivity index (χ0) is 34.9. The zero-order valence-corrected chi connectivity index (χ0v) is 164.